The first-order valence-electron chi connectivity index (χ1n) is 9.62. The van der Waals surface area contributed by atoms with Crippen LogP contribution >= 0.6 is 0 Å². The van der Waals surface area contributed by atoms with E-state index < -0.39 is 17.7 Å². The van der Waals surface area contributed by atoms with Crippen molar-refractivity contribution in [2.24, 2.45) is 5.92 Å². The van der Waals surface area contributed by atoms with Gasteiger partial charge in [-0.1, -0.05) is 12.1 Å². The maximum atomic E-state index is 13.1. The highest BCUT2D eigenvalue weighted by molar-refractivity contribution is 6.16. The number of hydrogen-bond acceptors (Lipinski definition) is 6. The lowest BCUT2D eigenvalue weighted by Crippen LogP contribution is -2.22. The number of methoxy groups -OCH3 is 2. The molecule has 0 bridgehead atoms. The minimum absolute atomic E-state index is 0.0997. The third-order valence-corrected chi connectivity index (χ3v) is 4.84. The standard InChI is InChI=1S/C25H22O6/c1-16(23(26)17-8-12-19(29-2)13-9-17)24(27)21-6-4-5-7-22(21)31-25(28)18-10-14-20(30-3)15-11-18/h4-16H,1-3H3. The number of ether oxygens (including phenoxy) is 3. The van der Waals surface area contributed by atoms with Gasteiger partial charge in [-0.3, -0.25) is 9.59 Å². The molecule has 0 N–H and O–H groups in total. The molecule has 0 heterocycles. The van der Waals surface area contributed by atoms with E-state index in [-0.39, 0.29) is 17.1 Å². The van der Waals surface area contributed by atoms with E-state index in [1.54, 1.807) is 60.7 Å². The van der Waals surface area contributed by atoms with Crippen molar-refractivity contribution in [2.45, 2.75) is 6.92 Å². The van der Waals surface area contributed by atoms with Crippen LogP contribution in [-0.2, 0) is 0 Å². The Labute approximate surface area is 180 Å². The maximum Gasteiger partial charge on any atom is 0.343 e. The van der Waals surface area contributed by atoms with Gasteiger partial charge < -0.3 is 14.2 Å². The number of carbonyl (C=O) groups is 3. The summed E-state index contributed by atoms with van der Waals surface area (Å²) in [6, 6.07) is 19.3. The van der Waals surface area contributed by atoms with Crippen molar-refractivity contribution in [2.75, 3.05) is 14.2 Å². The molecule has 1 atom stereocenters. The van der Waals surface area contributed by atoms with Crippen molar-refractivity contribution in [3.05, 3.63) is 89.5 Å². The second kappa shape index (κ2) is 9.71. The summed E-state index contributed by atoms with van der Waals surface area (Å²) in [5.74, 6) is -0.999. The first kappa shape index (κ1) is 21.8. The molecule has 3 rings (SSSR count). The van der Waals surface area contributed by atoms with Gasteiger partial charge in [0, 0.05) is 5.56 Å². The number of ketones is 2. The Morgan fingerprint density at radius 1 is 0.677 bits per heavy atom. The maximum absolute atomic E-state index is 13.1. The Hall–Kier alpha value is -3.93. The van der Waals surface area contributed by atoms with E-state index in [9.17, 15) is 14.4 Å². The summed E-state index contributed by atoms with van der Waals surface area (Å²) in [6.45, 7) is 1.54. The van der Waals surface area contributed by atoms with Crippen LogP contribution in [0.3, 0.4) is 0 Å². The number of hydrogen-bond donors (Lipinski definition) is 0. The van der Waals surface area contributed by atoms with Gasteiger partial charge in [-0.2, -0.15) is 0 Å². The van der Waals surface area contributed by atoms with Gasteiger partial charge in [-0.15, -0.1) is 0 Å². The van der Waals surface area contributed by atoms with Gasteiger partial charge in [-0.25, -0.2) is 4.79 Å². The molecule has 0 spiro atoms. The van der Waals surface area contributed by atoms with Crippen LogP contribution in [0.25, 0.3) is 0 Å². The molecular formula is C25H22O6. The summed E-state index contributed by atoms with van der Waals surface area (Å²) < 4.78 is 15.6. The minimum atomic E-state index is -0.950. The van der Waals surface area contributed by atoms with Crippen LogP contribution in [0.15, 0.2) is 72.8 Å². The number of benzene rings is 3. The van der Waals surface area contributed by atoms with Crippen LogP contribution in [0, 0.1) is 5.92 Å². The molecule has 3 aromatic carbocycles. The number of rotatable bonds is 8. The van der Waals surface area contributed by atoms with Gasteiger partial charge in [0.15, 0.2) is 11.6 Å². The number of Topliss-reactive ketones (excluding diaryl/α,β-unsaturated/α-hetero) is 2. The van der Waals surface area contributed by atoms with Gasteiger partial charge in [-0.05, 0) is 67.6 Å². The molecule has 0 fully saturated rings. The molecular weight excluding hydrogens is 396 g/mol. The smallest absolute Gasteiger partial charge is 0.343 e. The van der Waals surface area contributed by atoms with E-state index in [1.807, 2.05) is 0 Å². The molecule has 1 unspecified atom stereocenters. The Kier molecular flexibility index (Phi) is 6.82. The molecule has 0 aliphatic heterocycles. The van der Waals surface area contributed by atoms with Crippen molar-refractivity contribution in [1.29, 1.82) is 0 Å². The average molecular weight is 418 g/mol. The monoisotopic (exact) mass is 418 g/mol. The van der Waals surface area contributed by atoms with E-state index in [2.05, 4.69) is 0 Å². The fourth-order valence-corrected chi connectivity index (χ4v) is 3.00. The fraction of sp³-hybridized carbons (Fsp3) is 0.160. The Balaban J connectivity index is 1.79. The number of carbonyl (C=O) groups excluding carboxylic acids is 3. The predicted molar refractivity (Wildman–Crippen MR) is 115 cm³/mol. The molecule has 0 amide bonds. The summed E-state index contributed by atoms with van der Waals surface area (Å²) in [7, 11) is 3.07. The Morgan fingerprint density at radius 2 is 1.19 bits per heavy atom. The molecule has 0 saturated heterocycles. The molecule has 0 aliphatic rings. The van der Waals surface area contributed by atoms with E-state index >= 15 is 0 Å². The number of para-hydroxylation sites is 1. The van der Waals surface area contributed by atoms with E-state index in [1.165, 1.54) is 33.3 Å². The van der Waals surface area contributed by atoms with Gasteiger partial charge in [0.25, 0.3) is 0 Å². The highest BCUT2D eigenvalue weighted by Crippen LogP contribution is 2.25. The van der Waals surface area contributed by atoms with Gasteiger partial charge >= 0.3 is 5.97 Å². The molecule has 6 nitrogen and oxygen atoms in total. The summed E-state index contributed by atoms with van der Waals surface area (Å²) in [6.07, 6.45) is 0. The fourth-order valence-electron chi connectivity index (χ4n) is 3.00. The van der Waals surface area contributed by atoms with Crippen molar-refractivity contribution >= 4 is 17.5 Å². The lowest BCUT2D eigenvalue weighted by Gasteiger charge is -2.13. The lowest BCUT2D eigenvalue weighted by atomic mass is 9.91. The first-order valence-corrected chi connectivity index (χ1v) is 9.62. The van der Waals surface area contributed by atoms with Crippen LogP contribution in [0.4, 0.5) is 0 Å². The SMILES string of the molecule is COc1ccc(C(=O)Oc2ccccc2C(=O)C(C)C(=O)c2ccc(OC)cc2)cc1. The molecule has 3 aromatic rings. The van der Waals surface area contributed by atoms with Crippen LogP contribution in [-0.4, -0.2) is 31.8 Å². The highest BCUT2D eigenvalue weighted by atomic mass is 16.5. The zero-order valence-corrected chi connectivity index (χ0v) is 17.5. The van der Waals surface area contributed by atoms with Crippen LogP contribution in [0.2, 0.25) is 0 Å². The predicted octanol–water partition coefficient (Wildman–Crippen LogP) is 4.62. The normalized spacial score (nSPS) is 11.3. The first-order chi connectivity index (χ1) is 14.9. The van der Waals surface area contributed by atoms with Crippen molar-refractivity contribution in [3.63, 3.8) is 0 Å². The average Bonchev–Trinajstić information content (AvgIpc) is 2.83. The van der Waals surface area contributed by atoms with Crippen molar-refractivity contribution in [1.82, 2.24) is 0 Å². The minimum Gasteiger partial charge on any atom is -0.497 e. The van der Waals surface area contributed by atoms with Crippen molar-refractivity contribution < 1.29 is 28.6 Å². The molecule has 0 saturated carbocycles. The van der Waals surface area contributed by atoms with E-state index in [4.69, 9.17) is 14.2 Å². The molecule has 0 aliphatic carbocycles. The zero-order valence-electron chi connectivity index (χ0n) is 17.5. The molecule has 158 valence electrons. The van der Waals surface area contributed by atoms with E-state index in [0.717, 1.165) is 0 Å². The Morgan fingerprint density at radius 3 is 1.74 bits per heavy atom. The van der Waals surface area contributed by atoms with Crippen LogP contribution in [0.5, 0.6) is 17.2 Å². The van der Waals surface area contributed by atoms with Crippen LogP contribution < -0.4 is 14.2 Å². The topological polar surface area (TPSA) is 78.9 Å². The molecule has 31 heavy (non-hydrogen) atoms. The van der Waals surface area contributed by atoms with Gasteiger partial charge in [0.2, 0.25) is 0 Å². The second-order valence-electron chi connectivity index (χ2n) is 6.79. The zero-order chi connectivity index (χ0) is 22.4. The molecule has 6 heteroatoms. The highest BCUT2D eigenvalue weighted by Gasteiger charge is 2.27. The third kappa shape index (κ3) is 4.98. The third-order valence-electron chi connectivity index (χ3n) is 4.84. The lowest BCUT2D eigenvalue weighted by molar-refractivity contribution is 0.0731. The quantitative estimate of drug-likeness (QED) is 0.230. The Bertz CT molecular complexity index is 1080. The summed E-state index contributed by atoms with van der Waals surface area (Å²) in [5, 5.41) is 0. The summed E-state index contributed by atoms with van der Waals surface area (Å²) in [5.41, 5.74) is 0.874. The largest absolute Gasteiger partial charge is 0.497 e. The van der Waals surface area contributed by atoms with Crippen LogP contribution in [0.1, 0.15) is 38.0 Å². The summed E-state index contributed by atoms with van der Waals surface area (Å²) in [4.78, 5) is 38.4. The number of esters is 1. The van der Waals surface area contributed by atoms with Gasteiger partial charge in [0.05, 0.1) is 31.3 Å². The summed E-state index contributed by atoms with van der Waals surface area (Å²) >= 11 is 0. The second-order valence-corrected chi connectivity index (χ2v) is 6.79. The van der Waals surface area contributed by atoms with Crippen molar-refractivity contribution in [3.8, 4) is 17.2 Å². The molecule has 0 radical (unpaired) electrons. The molecule has 0 aromatic heterocycles. The van der Waals surface area contributed by atoms with E-state index in [0.29, 0.717) is 22.6 Å². The van der Waals surface area contributed by atoms with Gasteiger partial charge in [0.1, 0.15) is 17.2 Å².